The number of rotatable bonds is 3. The molecule has 2 heterocycles. The first-order valence-corrected chi connectivity index (χ1v) is 8.50. The Morgan fingerprint density at radius 1 is 1.25 bits per heavy atom. The van der Waals surface area contributed by atoms with Gasteiger partial charge in [0.2, 0.25) is 11.8 Å². The maximum Gasteiger partial charge on any atom is 0.256 e. The molecule has 0 saturated carbocycles. The molecule has 2 aliphatic heterocycles. The lowest BCUT2D eigenvalue weighted by atomic mass is 10.0. The van der Waals surface area contributed by atoms with Crippen molar-refractivity contribution in [2.24, 2.45) is 0 Å². The van der Waals surface area contributed by atoms with E-state index in [9.17, 15) is 14.4 Å². The molecule has 6 heteroatoms. The number of carbonyl (C=O) groups is 3. The van der Waals surface area contributed by atoms with Crippen LogP contribution in [0.2, 0.25) is 0 Å². The molecule has 1 saturated heterocycles. The van der Waals surface area contributed by atoms with Crippen LogP contribution in [0.15, 0.2) is 24.3 Å². The SMILES string of the molecule is CCN(C)C(=O)CN1C(=O)C2CCCCN2C(=O)c2ccccc21. The zero-order valence-corrected chi connectivity index (χ0v) is 14.2. The highest BCUT2D eigenvalue weighted by Gasteiger charge is 2.41. The number of para-hydroxylation sites is 1. The molecule has 3 amide bonds. The Bertz CT molecular complexity index is 673. The van der Waals surface area contributed by atoms with Crippen molar-refractivity contribution in [2.45, 2.75) is 32.2 Å². The van der Waals surface area contributed by atoms with Crippen LogP contribution in [0.3, 0.4) is 0 Å². The number of hydrogen-bond donors (Lipinski definition) is 0. The molecule has 0 aromatic heterocycles. The van der Waals surface area contributed by atoms with Gasteiger partial charge in [-0.3, -0.25) is 14.4 Å². The van der Waals surface area contributed by atoms with E-state index >= 15 is 0 Å². The van der Waals surface area contributed by atoms with Crippen LogP contribution < -0.4 is 4.90 Å². The molecular formula is C18H23N3O3. The Morgan fingerprint density at radius 3 is 2.75 bits per heavy atom. The van der Waals surface area contributed by atoms with Gasteiger partial charge in [-0.15, -0.1) is 0 Å². The van der Waals surface area contributed by atoms with E-state index in [2.05, 4.69) is 0 Å². The molecule has 1 unspecified atom stereocenters. The zero-order chi connectivity index (χ0) is 17.3. The molecule has 0 spiro atoms. The third kappa shape index (κ3) is 2.77. The summed E-state index contributed by atoms with van der Waals surface area (Å²) in [5.41, 5.74) is 1.04. The summed E-state index contributed by atoms with van der Waals surface area (Å²) in [6.45, 7) is 3.04. The first-order valence-electron chi connectivity index (χ1n) is 8.50. The van der Waals surface area contributed by atoms with Gasteiger partial charge in [0, 0.05) is 20.1 Å². The normalized spacial score (nSPS) is 20.3. The quantitative estimate of drug-likeness (QED) is 0.844. The lowest BCUT2D eigenvalue weighted by molar-refractivity contribution is -0.131. The minimum Gasteiger partial charge on any atom is -0.344 e. The zero-order valence-electron chi connectivity index (χ0n) is 14.2. The molecule has 0 aliphatic carbocycles. The number of fused-ring (bicyclic) bond motifs is 2. The molecule has 6 nitrogen and oxygen atoms in total. The monoisotopic (exact) mass is 329 g/mol. The van der Waals surface area contributed by atoms with Gasteiger partial charge < -0.3 is 14.7 Å². The summed E-state index contributed by atoms with van der Waals surface area (Å²) in [6, 6.07) is 6.62. The van der Waals surface area contributed by atoms with E-state index in [1.165, 1.54) is 4.90 Å². The van der Waals surface area contributed by atoms with Crippen molar-refractivity contribution in [3.05, 3.63) is 29.8 Å². The number of hydrogen-bond acceptors (Lipinski definition) is 3. The van der Waals surface area contributed by atoms with E-state index in [0.29, 0.717) is 30.8 Å². The lowest BCUT2D eigenvalue weighted by Gasteiger charge is -2.34. The molecule has 3 rings (SSSR count). The molecule has 1 aromatic rings. The largest absolute Gasteiger partial charge is 0.344 e. The van der Waals surface area contributed by atoms with Crippen molar-refractivity contribution in [1.82, 2.24) is 9.80 Å². The Labute approximate surface area is 142 Å². The maximum atomic E-state index is 13.1. The van der Waals surface area contributed by atoms with Gasteiger partial charge in [-0.05, 0) is 38.3 Å². The van der Waals surface area contributed by atoms with Crippen LogP contribution in [-0.4, -0.2) is 60.2 Å². The van der Waals surface area contributed by atoms with Crippen molar-refractivity contribution >= 4 is 23.4 Å². The summed E-state index contributed by atoms with van der Waals surface area (Å²) in [4.78, 5) is 43.1. The van der Waals surface area contributed by atoms with Gasteiger partial charge in [0.1, 0.15) is 12.6 Å². The highest BCUT2D eigenvalue weighted by Crippen LogP contribution is 2.31. The van der Waals surface area contributed by atoms with Crippen LogP contribution in [0.1, 0.15) is 36.5 Å². The summed E-state index contributed by atoms with van der Waals surface area (Å²) in [6.07, 6.45) is 2.50. The highest BCUT2D eigenvalue weighted by atomic mass is 16.2. The van der Waals surface area contributed by atoms with Gasteiger partial charge in [0.15, 0.2) is 0 Å². The van der Waals surface area contributed by atoms with Crippen LogP contribution in [0, 0.1) is 0 Å². The average molecular weight is 329 g/mol. The predicted molar refractivity (Wildman–Crippen MR) is 90.8 cm³/mol. The molecular weight excluding hydrogens is 306 g/mol. The van der Waals surface area contributed by atoms with E-state index in [4.69, 9.17) is 0 Å². The van der Waals surface area contributed by atoms with E-state index in [-0.39, 0.29) is 24.3 Å². The smallest absolute Gasteiger partial charge is 0.256 e. The first kappa shape index (κ1) is 16.5. The Balaban J connectivity index is 2.02. The van der Waals surface area contributed by atoms with Gasteiger partial charge in [-0.25, -0.2) is 0 Å². The van der Waals surface area contributed by atoms with Crippen molar-refractivity contribution in [2.75, 3.05) is 31.6 Å². The van der Waals surface area contributed by atoms with E-state index in [1.807, 2.05) is 6.92 Å². The molecule has 128 valence electrons. The fraction of sp³-hybridized carbons (Fsp3) is 0.500. The standard InChI is InChI=1S/C18H23N3O3/c1-3-19(2)16(22)12-21-14-9-5-4-8-13(14)17(23)20-11-7-6-10-15(20)18(21)24/h4-5,8-9,15H,3,6-7,10-12H2,1-2H3. The third-order valence-corrected chi connectivity index (χ3v) is 4.93. The van der Waals surface area contributed by atoms with Crippen LogP contribution >= 0.6 is 0 Å². The number of amides is 3. The van der Waals surface area contributed by atoms with Gasteiger partial charge in [-0.2, -0.15) is 0 Å². The van der Waals surface area contributed by atoms with Crippen molar-refractivity contribution in [3.8, 4) is 0 Å². The highest BCUT2D eigenvalue weighted by molar-refractivity contribution is 6.12. The predicted octanol–water partition coefficient (Wildman–Crippen LogP) is 1.51. The molecule has 1 fully saturated rings. The number of anilines is 1. The van der Waals surface area contributed by atoms with Gasteiger partial charge in [0.05, 0.1) is 11.3 Å². The van der Waals surface area contributed by atoms with Crippen molar-refractivity contribution in [1.29, 1.82) is 0 Å². The van der Waals surface area contributed by atoms with Crippen LogP contribution in [0.25, 0.3) is 0 Å². The molecule has 0 bridgehead atoms. The van der Waals surface area contributed by atoms with Gasteiger partial charge in [0.25, 0.3) is 5.91 Å². The number of piperidine rings is 1. The summed E-state index contributed by atoms with van der Waals surface area (Å²) >= 11 is 0. The molecule has 1 atom stereocenters. The van der Waals surface area contributed by atoms with E-state index in [0.717, 1.165) is 12.8 Å². The summed E-state index contributed by atoms with van der Waals surface area (Å²) in [5.74, 6) is -0.384. The molecule has 0 N–H and O–H groups in total. The van der Waals surface area contributed by atoms with Crippen LogP contribution in [0.5, 0.6) is 0 Å². The number of likely N-dealkylation sites (N-methyl/N-ethyl adjacent to an activating group) is 1. The average Bonchev–Trinajstić information content (AvgIpc) is 2.71. The number of benzene rings is 1. The second kappa shape index (κ2) is 6.63. The van der Waals surface area contributed by atoms with E-state index < -0.39 is 6.04 Å². The Hall–Kier alpha value is -2.37. The summed E-state index contributed by atoms with van der Waals surface area (Å²) in [5, 5.41) is 0. The molecule has 24 heavy (non-hydrogen) atoms. The van der Waals surface area contributed by atoms with E-state index in [1.54, 1.807) is 41.1 Å². The second-order valence-electron chi connectivity index (χ2n) is 6.36. The second-order valence-corrected chi connectivity index (χ2v) is 6.36. The lowest BCUT2D eigenvalue weighted by Crippen LogP contribution is -2.52. The van der Waals surface area contributed by atoms with Crippen LogP contribution in [-0.2, 0) is 9.59 Å². The Kier molecular flexibility index (Phi) is 4.55. The fourth-order valence-electron chi connectivity index (χ4n) is 3.37. The molecule has 2 aliphatic rings. The minimum atomic E-state index is -0.460. The maximum absolute atomic E-state index is 13.1. The molecule has 0 radical (unpaired) electrons. The topological polar surface area (TPSA) is 60.9 Å². The minimum absolute atomic E-state index is 0.0300. The fourth-order valence-corrected chi connectivity index (χ4v) is 3.37. The van der Waals surface area contributed by atoms with Crippen LogP contribution in [0.4, 0.5) is 5.69 Å². The van der Waals surface area contributed by atoms with Gasteiger partial charge in [-0.1, -0.05) is 12.1 Å². The Morgan fingerprint density at radius 2 is 2.00 bits per heavy atom. The molecule has 1 aromatic carbocycles. The number of carbonyl (C=O) groups excluding carboxylic acids is 3. The number of nitrogens with zero attached hydrogens (tertiary/aromatic N) is 3. The van der Waals surface area contributed by atoms with Crippen molar-refractivity contribution < 1.29 is 14.4 Å². The van der Waals surface area contributed by atoms with Gasteiger partial charge >= 0.3 is 0 Å². The third-order valence-electron chi connectivity index (χ3n) is 4.93. The van der Waals surface area contributed by atoms with Crippen molar-refractivity contribution in [3.63, 3.8) is 0 Å². The summed E-state index contributed by atoms with van der Waals surface area (Å²) < 4.78 is 0. The summed E-state index contributed by atoms with van der Waals surface area (Å²) in [7, 11) is 1.72. The first-order chi connectivity index (χ1) is 11.5.